The third-order valence-electron chi connectivity index (χ3n) is 2.66. The van der Waals surface area contributed by atoms with Crippen LogP contribution in [0.1, 0.15) is 22.1 Å². The van der Waals surface area contributed by atoms with Gasteiger partial charge in [0.05, 0.1) is 4.92 Å². The molecule has 0 aliphatic carbocycles. The lowest BCUT2D eigenvalue weighted by molar-refractivity contribution is -0.385. The van der Waals surface area contributed by atoms with Crippen LogP contribution in [0.15, 0.2) is 22.7 Å². The smallest absolute Gasteiger partial charge is 0.342 e. The SMILES string of the molecule is Cc1noc(CCNc2ccc(C(=O)O)c([N+](=O)[O-])c2)n1. The van der Waals surface area contributed by atoms with Gasteiger partial charge in [-0.15, -0.1) is 0 Å². The number of nitro benzene ring substituents is 1. The highest BCUT2D eigenvalue weighted by atomic mass is 16.6. The summed E-state index contributed by atoms with van der Waals surface area (Å²) >= 11 is 0. The molecule has 2 N–H and O–H groups in total. The van der Waals surface area contributed by atoms with Gasteiger partial charge < -0.3 is 14.9 Å². The number of nitrogens with zero attached hydrogens (tertiary/aromatic N) is 3. The number of aromatic nitrogens is 2. The number of anilines is 1. The Kier molecular flexibility index (Phi) is 4.12. The van der Waals surface area contributed by atoms with E-state index < -0.39 is 16.6 Å². The van der Waals surface area contributed by atoms with Crippen LogP contribution in [0.3, 0.4) is 0 Å². The number of benzene rings is 1. The van der Waals surface area contributed by atoms with E-state index in [0.29, 0.717) is 30.4 Å². The summed E-state index contributed by atoms with van der Waals surface area (Å²) in [6.45, 7) is 2.12. The van der Waals surface area contributed by atoms with E-state index in [1.807, 2.05) is 0 Å². The number of rotatable bonds is 6. The molecule has 0 spiro atoms. The molecule has 0 saturated heterocycles. The van der Waals surface area contributed by atoms with Crippen molar-refractivity contribution in [1.29, 1.82) is 0 Å². The third-order valence-corrected chi connectivity index (χ3v) is 2.66. The Bertz CT molecular complexity index is 682. The third kappa shape index (κ3) is 3.53. The fourth-order valence-electron chi connectivity index (χ4n) is 1.73. The highest BCUT2D eigenvalue weighted by Crippen LogP contribution is 2.23. The number of hydrogen-bond acceptors (Lipinski definition) is 7. The van der Waals surface area contributed by atoms with Crippen molar-refractivity contribution >= 4 is 17.3 Å². The molecular weight excluding hydrogens is 280 g/mol. The average molecular weight is 292 g/mol. The van der Waals surface area contributed by atoms with E-state index in [2.05, 4.69) is 15.5 Å². The lowest BCUT2D eigenvalue weighted by Crippen LogP contribution is -2.07. The largest absolute Gasteiger partial charge is 0.477 e. The number of nitro groups is 1. The van der Waals surface area contributed by atoms with Crippen molar-refractivity contribution in [3.8, 4) is 0 Å². The van der Waals surface area contributed by atoms with Crippen LogP contribution in [0.25, 0.3) is 0 Å². The zero-order valence-corrected chi connectivity index (χ0v) is 11.1. The number of carboxylic acid groups (broad SMARTS) is 1. The Morgan fingerprint density at radius 1 is 1.52 bits per heavy atom. The maximum atomic E-state index is 10.9. The molecule has 2 rings (SSSR count). The molecule has 0 atom stereocenters. The normalized spacial score (nSPS) is 10.3. The van der Waals surface area contributed by atoms with Crippen molar-refractivity contribution in [3.63, 3.8) is 0 Å². The zero-order valence-electron chi connectivity index (χ0n) is 11.1. The lowest BCUT2D eigenvalue weighted by atomic mass is 10.1. The minimum atomic E-state index is -1.34. The van der Waals surface area contributed by atoms with Crippen molar-refractivity contribution in [2.75, 3.05) is 11.9 Å². The summed E-state index contributed by atoms with van der Waals surface area (Å²) in [7, 11) is 0. The summed E-state index contributed by atoms with van der Waals surface area (Å²) in [6, 6.07) is 3.84. The second kappa shape index (κ2) is 5.99. The van der Waals surface area contributed by atoms with E-state index in [9.17, 15) is 14.9 Å². The highest BCUT2D eigenvalue weighted by molar-refractivity contribution is 5.93. The molecule has 1 heterocycles. The van der Waals surface area contributed by atoms with Gasteiger partial charge in [0.2, 0.25) is 5.89 Å². The fourth-order valence-corrected chi connectivity index (χ4v) is 1.73. The van der Waals surface area contributed by atoms with Gasteiger partial charge in [0.1, 0.15) is 5.56 Å². The molecular formula is C12H12N4O5. The quantitative estimate of drug-likeness (QED) is 0.606. The molecule has 1 aromatic carbocycles. The first-order valence-corrected chi connectivity index (χ1v) is 6.02. The summed E-state index contributed by atoms with van der Waals surface area (Å²) in [5.74, 6) is -0.349. The maximum absolute atomic E-state index is 10.9. The summed E-state index contributed by atoms with van der Waals surface area (Å²) in [6.07, 6.45) is 0.454. The molecule has 0 bridgehead atoms. The van der Waals surface area contributed by atoms with Crippen LogP contribution in [0.5, 0.6) is 0 Å². The monoisotopic (exact) mass is 292 g/mol. The Balaban J connectivity index is 2.05. The van der Waals surface area contributed by atoms with Gasteiger partial charge >= 0.3 is 5.97 Å². The van der Waals surface area contributed by atoms with Crippen LogP contribution >= 0.6 is 0 Å². The summed E-state index contributed by atoms with van der Waals surface area (Å²) in [4.78, 5) is 25.0. The Morgan fingerprint density at radius 3 is 2.86 bits per heavy atom. The molecule has 9 heteroatoms. The number of aryl methyl sites for hydroxylation is 1. The molecule has 0 unspecified atom stereocenters. The van der Waals surface area contributed by atoms with Crippen LogP contribution in [0, 0.1) is 17.0 Å². The van der Waals surface area contributed by atoms with Crippen LogP contribution < -0.4 is 5.32 Å². The fraction of sp³-hybridized carbons (Fsp3) is 0.250. The summed E-state index contributed by atoms with van der Waals surface area (Å²) in [5.41, 5.74) is -0.359. The van der Waals surface area contributed by atoms with E-state index in [4.69, 9.17) is 9.63 Å². The molecule has 9 nitrogen and oxygen atoms in total. The van der Waals surface area contributed by atoms with Crippen molar-refractivity contribution in [3.05, 3.63) is 45.6 Å². The van der Waals surface area contributed by atoms with Gasteiger partial charge in [-0.1, -0.05) is 5.16 Å². The van der Waals surface area contributed by atoms with Gasteiger partial charge in [-0.2, -0.15) is 4.98 Å². The van der Waals surface area contributed by atoms with Gasteiger partial charge in [-0.25, -0.2) is 4.79 Å². The van der Waals surface area contributed by atoms with Gasteiger partial charge in [0, 0.05) is 24.7 Å². The number of nitrogens with one attached hydrogen (secondary N) is 1. The topological polar surface area (TPSA) is 131 Å². The van der Waals surface area contributed by atoms with E-state index in [1.54, 1.807) is 6.92 Å². The molecule has 110 valence electrons. The predicted molar refractivity (Wildman–Crippen MR) is 71.3 cm³/mol. The molecule has 2 aromatic rings. The number of hydrogen-bond donors (Lipinski definition) is 2. The predicted octanol–water partition coefficient (Wildman–Crippen LogP) is 1.64. The van der Waals surface area contributed by atoms with Crippen molar-refractivity contribution < 1.29 is 19.3 Å². The summed E-state index contributed by atoms with van der Waals surface area (Å²) in [5, 5.41) is 26.3. The van der Waals surface area contributed by atoms with Gasteiger partial charge in [-0.05, 0) is 19.1 Å². The molecule has 0 aliphatic rings. The zero-order chi connectivity index (χ0) is 15.4. The molecule has 0 saturated carbocycles. The molecule has 0 fully saturated rings. The minimum absolute atomic E-state index is 0.349. The standard InChI is InChI=1S/C12H12N4O5/c1-7-14-11(21-15-7)4-5-13-8-2-3-9(12(17)18)10(6-8)16(19)20/h2-3,6,13H,4-5H2,1H3,(H,17,18). The van der Waals surface area contributed by atoms with Crippen LogP contribution in [0.4, 0.5) is 11.4 Å². The van der Waals surface area contributed by atoms with Crippen LogP contribution in [-0.2, 0) is 6.42 Å². The molecule has 1 aromatic heterocycles. The number of carboxylic acids is 1. The maximum Gasteiger partial charge on any atom is 0.342 e. The number of carbonyl (C=O) groups is 1. The van der Waals surface area contributed by atoms with Gasteiger partial charge in [0.25, 0.3) is 5.69 Å². The molecule has 0 radical (unpaired) electrons. The van der Waals surface area contributed by atoms with Crippen molar-refractivity contribution in [2.24, 2.45) is 0 Å². The van der Waals surface area contributed by atoms with Crippen molar-refractivity contribution in [2.45, 2.75) is 13.3 Å². The second-order valence-corrected chi connectivity index (χ2v) is 4.21. The highest BCUT2D eigenvalue weighted by Gasteiger charge is 2.19. The van der Waals surface area contributed by atoms with Crippen LogP contribution in [-0.4, -0.2) is 32.7 Å². The van der Waals surface area contributed by atoms with E-state index in [1.165, 1.54) is 18.2 Å². The van der Waals surface area contributed by atoms with E-state index in [0.717, 1.165) is 0 Å². The lowest BCUT2D eigenvalue weighted by Gasteiger charge is -2.05. The first-order chi connectivity index (χ1) is 9.97. The molecule has 21 heavy (non-hydrogen) atoms. The average Bonchev–Trinajstić information content (AvgIpc) is 2.84. The molecule has 0 aliphatic heterocycles. The minimum Gasteiger partial charge on any atom is -0.477 e. The number of aromatic carboxylic acids is 1. The molecule has 0 amide bonds. The van der Waals surface area contributed by atoms with Crippen LogP contribution in [0.2, 0.25) is 0 Å². The first kappa shape index (κ1) is 14.4. The Labute approximate surface area is 118 Å². The first-order valence-electron chi connectivity index (χ1n) is 6.02. The van der Waals surface area contributed by atoms with E-state index in [-0.39, 0.29) is 5.56 Å². The Hall–Kier alpha value is -2.97. The van der Waals surface area contributed by atoms with Gasteiger partial charge in [0.15, 0.2) is 5.82 Å². The Morgan fingerprint density at radius 2 is 2.29 bits per heavy atom. The van der Waals surface area contributed by atoms with E-state index >= 15 is 0 Å². The van der Waals surface area contributed by atoms with Crippen molar-refractivity contribution in [1.82, 2.24) is 10.1 Å². The van der Waals surface area contributed by atoms with Gasteiger partial charge in [-0.3, -0.25) is 10.1 Å². The summed E-state index contributed by atoms with van der Waals surface area (Å²) < 4.78 is 4.93. The second-order valence-electron chi connectivity index (χ2n) is 4.21.